The maximum atomic E-state index is 2.54. The highest BCUT2D eigenvalue weighted by molar-refractivity contribution is 5.90. The molecule has 0 radical (unpaired) electrons. The van der Waals surface area contributed by atoms with Gasteiger partial charge in [-0.2, -0.15) is 0 Å². The molecule has 0 aromatic heterocycles. The smallest absolute Gasteiger partial charge is 0.0465 e. The molecule has 0 unspecified atom stereocenters. The van der Waals surface area contributed by atoms with Crippen LogP contribution in [0.5, 0.6) is 0 Å². The quantitative estimate of drug-likeness (QED) is 0.158. The first-order chi connectivity index (χ1) is 27.4. The molecule has 1 heteroatoms. The van der Waals surface area contributed by atoms with Crippen molar-refractivity contribution in [3.8, 4) is 33.4 Å². The van der Waals surface area contributed by atoms with E-state index in [-0.39, 0.29) is 5.41 Å². The zero-order chi connectivity index (χ0) is 37.4. The fraction of sp³-hybridized carbons (Fsp3) is 0.345. The molecule has 56 heavy (non-hydrogen) atoms. The van der Waals surface area contributed by atoms with Crippen molar-refractivity contribution in [1.29, 1.82) is 0 Å². The zero-order valence-corrected chi connectivity index (χ0v) is 33.3. The highest BCUT2D eigenvalue weighted by Crippen LogP contribution is 2.61. The van der Waals surface area contributed by atoms with Crippen molar-refractivity contribution < 1.29 is 0 Å². The monoisotopic (exact) mass is 729 g/mol. The number of hydrogen-bond donors (Lipinski definition) is 0. The van der Waals surface area contributed by atoms with E-state index in [0.29, 0.717) is 11.3 Å². The van der Waals surface area contributed by atoms with E-state index < -0.39 is 0 Å². The van der Waals surface area contributed by atoms with Gasteiger partial charge in [-0.3, -0.25) is 0 Å². The minimum absolute atomic E-state index is 0.158. The van der Waals surface area contributed by atoms with E-state index in [2.05, 4.69) is 158 Å². The van der Waals surface area contributed by atoms with E-state index in [1.54, 1.807) is 5.56 Å². The summed E-state index contributed by atoms with van der Waals surface area (Å²) in [4.78, 5) is 2.54. The first-order valence-electron chi connectivity index (χ1n) is 21.9. The van der Waals surface area contributed by atoms with Crippen LogP contribution in [0.2, 0.25) is 0 Å². The van der Waals surface area contributed by atoms with Crippen LogP contribution in [0.15, 0.2) is 140 Å². The molecule has 6 aromatic carbocycles. The van der Waals surface area contributed by atoms with Crippen LogP contribution >= 0.6 is 0 Å². The summed E-state index contributed by atoms with van der Waals surface area (Å²) < 4.78 is 0. The van der Waals surface area contributed by atoms with Gasteiger partial charge in [-0.25, -0.2) is 0 Å². The molecular weight excluding hydrogens is 675 g/mol. The molecule has 12 rings (SSSR count). The molecule has 5 saturated carbocycles. The molecule has 4 bridgehead atoms. The second-order valence-electron chi connectivity index (χ2n) is 19.0. The largest absolute Gasteiger partial charge is 0.310 e. The number of nitrogens with zero attached hydrogens (tertiary/aromatic N) is 1. The topological polar surface area (TPSA) is 3.24 Å². The lowest BCUT2D eigenvalue weighted by molar-refractivity contribution is -0.00518. The van der Waals surface area contributed by atoms with Gasteiger partial charge in [0.15, 0.2) is 0 Å². The molecule has 6 aliphatic carbocycles. The van der Waals surface area contributed by atoms with Crippen molar-refractivity contribution >= 4 is 17.1 Å². The van der Waals surface area contributed by atoms with Gasteiger partial charge in [0.1, 0.15) is 0 Å². The summed E-state index contributed by atoms with van der Waals surface area (Å²) >= 11 is 0. The summed E-state index contributed by atoms with van der Waals surface area (Å²) in [5.74, 6) is 3.56. The average Bonchev–Trinajstić information content (AvgIpc) is 3.47. The standard InChI is InChI=1S/C55H55N/c1-54(2)52-33-48(28-29-50(52)51-15-9-14-49(53(51)54)44-18-16-42(17-19-44)40-10-5-3-6-11-40)56(46-24-20-43(21-25-46)41-12-7-4-8-13-41)47-26-22-45(23-27-47)55-34-37-30-38(35-55)32-39(31-37)36-55/h3,5-6,9-11,14-29,33,37-39,41H,4,7-8,12-13,30-32,34-36H2,1-2H3. The molecule has 0 saturated heterocycles. The third-order valence-corrected chi connectivity index (χ3v) is 15.2. The summed E-state index contributed by atoms with van der Waals surface area (Å²) in [5.41, 5.74) is 17.8. The Balaban J connectivity index is 0.968. The van der Waals surface area contributed by atoms with E-state index in [1.165, 1.54) is 138 Å². The molecule has 0 atom stereocenters. The molecule has 280 valence electrons. The van der Waals surface area contributed by atoms with Crippen molar-refractivity contribution in [2.24, 2.45) is 17.8 Å². The van der Waals surface area contributed by atoms with Crippen molar-refractivity contribution in [2.45, 2.75) is 101 Å². The summed E-state index contributed by atoms with van der Waals surface area (Å²) in [6.45, 7) is 4.87. The maximum Gasteiger partial charge on any atom is 0.0465 e. The average molecular weight is 730 g/mol. The summed E-state index contributed by atoms with van der Waals surface area (Å²) in [6.07, 6.45) is 15.5. The van der Waals surface area contributed by atoms with Gasteiger partial charge in [0.05, 0.1) is 0 Å². The molecule has 5 fully saturated rings. The second-order valence-corrected chi connectivity index (χ2v) is 19.0. The van der Waals surface area contributed by atoms with Gasteiger partial charge in [0, 0.05) is 22.5 Å². The normalized spacial score (nSPS) is 24.5. The van der Waals surface area contributed by atoms with Crippen molar-refractivity contribution in [3.05, 3.63) is 162 Å². The maximum absolute atomic E-state index is 2.54. The van der Waals surface area contributed by atoms with Gasteiger partial charge in [0.25, 0.3) is 0 Å². The van der Waals surface area contributed by atoms with Crippen molar-refractivity contribution in [2.75, 3.05) is 4.90 Å². The summed E-state index contributed by atoms with van der Waals surface area (Å²) in [6, 6.07) is 53.8. The van der Waals surface area contributed by atoms with Crippen molar-refractivity contribution in [1.82, 2.24) is 0 Å². The van der Waals surface area contributed by atoms with Gasteiger partial charge in [0.2, 0.25) is 0 Å². The molecule has 6 aromatic rings. The lowest BCUT2D eigenvalue weighted by Gasteiger charge is -2.57. The van der Waals surface area contributed by atoms with Crippen LogP contribution in [0.1, 0.15) is 113 Å². The molecule has 0 heterocycles. The third kappa shape index (κ3) is 5.71. The van der Waals surface area contributed by atoms with Gasteiger partial charge in [-0.1, -0.05) is 136 Å². The molecule has 0 spiro atoms. The number of anilines is 3. The van der Waals surface area contributed by atoms with E-state index in [1.807, 2.05) is 0 Å². The highest BCUT2D eigenvalue weighted by atomic mass is 15.1. The Hall–Kier alpha value is -4.88. The molecule has 1 nitrogen and oxygen atoms in total. The van der Waals surface area contributed by atoms with Crippen molar-refractivity contribution in [3.63, 3.8) is 0 Å². The predicted molar refractivity (Wildman–Crippen MR) is 235 cm³/mol. The Kier molecular flexibility index (Phi) is 8.20. The number of benzene rings is 6. The van der Waals surface area contributed by atoms with E-state index in [0.717, 1.165) is 17.8 Å². The fourth-order valence-electron chi connectivity index (χ4n) is 12.9. The Bertz CT molecular complexity index is 2340. The Morgan fingerprint density at radius 1 is 0.482 bits per heavy atom. The van der Waals surface area contributed by atoms with Crippen LogP contribution < -0.4 is 4.90 Å². The third-order valence-electron chi connectivity index (χ3n) is 15.2. The van der Waals surface area contributed by atoms with E-state index in [4.69, 9.17) is 0 Å². The molecule has 6 aliphatic rings. The lowest BCUT2D eigenvalue weighted by atomic mass is 9.48. The van der Waals surface area contributed by atoms with Gasteiger partial charge >= 0.3 is 0 Å². The summed E-state index contributed by atoms with van der Waals surface area (Å²) in [7, 11) is 0. The zero-order valence-electron chi connectivity index (χ0n) is 33.3. The van der Waals surface area contributed by atoms with Crippen LogP contribution in [0.4, 0.5) is 17.1 Å². The van der Waals surface area contributed by atoms with Gasteiger partial charge in [-0.15, -0.1) is 0 Å². The van der Waals surface area contributed by atoms with Crippen LogP contribution in [-0.2, 0) is 10.8 Å². The number of hydrogen-bond acceptors (Lipinski definition) is 1. The van der Waals surface area contributed by atoms with Crippen LogP contribution in [0.3, 0.4) is 0 Å². The second kappa shape index (κ2) is 13.4. The fourth-order valence-corrected chi connectivity index (χ4v) is 12.9. The number of fused-ring (bicyclic) bond motifs is 3. The minimum atomic E-state index is -0.158. The highest BCUT2D eigenvalue weighted by Gasteiger charge is 2.51. The van der Waals surface area contributed by atoms with Crippen LogP contribution in [-0.4, -0.2) is 0 Å². The predicted octanol–water partition coefficient (Wildman–Crippen LogP) is 15.3. The molecule has 0 aliphatic heterocycles. The van der Waals surface area contributed by atoms with E-state index >= 15 is 0 Å². The first-order valence-corrected chi connectivity index (χ1v) is 21.9. The van der Waals surface area contributed by atoms with Crippen LogP contribution in [0, 0.1) is 17.8 Å². The Morgan fingerprint density at radius 3 is 1.71 bits per heavy atom. The van der Waals surface area contributed by atoms with Crippen LogP contribution in [0.25, 0.3) is 33.4 Å². The molecular formula is C55H55N. The van der Waals surface area contributed by atoms with Gasteiger partial charge in [-0.05, 0) is 172 Å². The molecule has 0 amide bonds. The van der Waals surface area contributed by atoms with Gasteiger partial charge < -0.3 is 4.90 Å². The Labute approximate surface area is 334 Å². The minimum Gasteiger partial charge on any atom is -0.310 e. The molecule has 0 N–H and O–H groups in total. The SMILES string of the molecule is CC1(C)c2cc(N(c3ccc(C4CCCCC4)cc3)c3ccc(C45CC6CC(CC(C6)C4)C5)cc3)ccc2-c2cccc(-c3ccc(-c4ccccc4)cc3)c21. The Morgan fingerprint density at radius 2 is 1.05 bits per heavy atom. The summed E-state index contributed by atoms with van der Waals surface area (Å²) in [5, 5.41) is 0. The van der Waals surface area contributed by atoms with E-state index in [9.17, 15) is 0 Å². The number of rotatable bonds is 7. The lowest BCUT2D eigenvalue weighted by Crippen LogP contribution is -2.48. The first kappa shape index (κ1) is 34.4.